The molecule has 4 aromatic rings. The number of fused-ring (bicyclic) bond motifs is 1. The highest BCUT2D eigenvalue weighted by Gasteiger charge is 2.16. The molecular weight excluding hydrogens is 438 g/mol. The number of aromatic nitrogens is 4. The summed E-state index contributed by atoms with van der Waals surface area (Å²) < 4.78 is 0. The normalized spacial score (nSPS) is 14.6. The number of pyridine rings is 2. The van der Waals surface area contributed by atoms with Crippen LogP contribution in [-0.4, -0.2) is 58.1 Å². The molecule has 2 N–H and O–H groups in total. The third-order valence-corrected chi connectivity index (χ3v) is 6.36. The predicted molar refractivity (Wildman–Crippen MR) is 133 cm³/mol. The first kappa shape index (κ1) is 21.4. The average Bonchev–Trinajstić information content (AvgIpc) is 2.81. The summed E-state index contributed by atoms with van der Waals surface area (Å²) >= 11 is 6.33. The topological polar surface area (TPSA) is 90.0 Å². The van der Waals surface area contributed by atoms with E-state index in [-0.39, 0.29) is 5.56 Å². The zero-order chi connectivity index (χ0) is 22.9. The Morgan fingerprint density at radius 1 is 1.03 bits per heavy atom. The van der Waals surface area contributed by atoms with Gasteiger partial charge in [0.15, 0.2) is 0 Å². The van der Waals surface area contributed by atoms with Gasteiger partial charge in [0, 0.05) is 48.3 Å². The molecule has 0 aliphatic carbocycles. The lowest BCUT2D eigenvalue weighted by molar-refractivity contribution is 0.313. The van der Waals surface area contributed by atoms with Gasteiger partial charge in [-0.15, -0.1) is 0 Å². The largest absolute Gasteiger partial charge is 0.368 e. The average molecular weight is 462 g/mol. The van der Waals surface area contributed by atoms with Gasteiger partial charge in [0.1, 0.15) is 11.5 Å². The van der Waals surface area contributed by atoms with Gasteiger partial charge in [0.2, 0.25) is 5.95 Å². The molecule has 33 heavy (non-hydrogen) atoms. The monoisotopic (exact) mass is 461 g/mol. The van der Waals surface area contributed by atoms with E-state index in [0.29, 0.717) is 33.6 Å². The number of aryl methyl sites for hydroxylation is 1. The number of nitrogens with one attached hydrogen (secondary N) is 2. The minimum Gasteiger partial charge on any atom is -0.368 e. The fourth-order valence-corrected chi connectivity index (χ4v) is 4.33. The highest BCUT2D eigenvalue weighted by atomic mass is 35.5. The molecule has 1 fully saturated rings. The first-order chi connectivity index (χ1) is 16.0. The van der Waals surface area contributed by atoms with Crippen molar-refractivity contribution in [3.63, 3.8) is 0 Å². The van der Waals surface area contributed by atoms with Crippen LogP contribution in [0.1, 0.15) is 5.56 Å². The number of piperazine rings is 1. The highest BCUT2D eigenvalue weighted by molar-refractivity contribution is 6.33. The Morgan fingerprint density at radius 3 is 2.55 bits per heavy atom. The Morgan fingerprint density at radius 2 is 1.82 bits per heavy atom. The number of hydrogen-bond donors (Lipinski definition) is 2. The van der Waals surface area contributed by atoms with E-state index >= 15 is 0 Å². The number of H-pyrrole nitrogens is 1. The zero-order valence-electron chi connectivity index (χ0n) is 18.5. The second-order valence-corrected chi connectivity index (χ2v) is 8.61. The van der Waals surface area contributed by atoms with E-state index in [1.54, 1.807) is 12.3 Å². The van der Waals surface area contributed by atoms with E-state index in [1.165, 1.54) is 0 Å². The molecule has 0 spiro atoms. The van der Waals surface area contributed by atoms with Crippen molar-refractivity contribution in [2.24, 2.45) is 0 Å². The van der Waals surface area contributed by atoms with Gasteiger partial charge >= 0.3 is 0 Å². The number of hydrogen-bond acceptors (Lipinski definition) is 7. The number of aromatic amines is 1. The van der Waals surface area contributed by atoms with Crippen molar-refractivity contribution in [2.45, 2.75) is 6.92 Å². The molecule has 3 aromatic heterocycles. The lowest BCUT2D eigenvalue weighted by Gasteiger charge is -2.33. The molecule has 9 heteroatoms. The van der Waals surface area contributed by atoms with E-state index in [1.807, 2.05) is 43.5 Å². The molecule has 5 rings (SSSR count). The van der Waals surface area contributed by atoms with E-state index in [4.69, 9.17) is 11.6 Å². The standard InChI is InChI=1S/C24H24ClN7O/c1-15-18-14-27-24(28-20-8-7-16(13-26-20)32-11-9-31(2)10-12-32)30-22(18)29-23(33)21(15)17-5-3-4-6-19(17)25/h3-8,13-14H,9-12H2,1-2H3,(H2,26,27,28,29,30,33). The van der Waals surface area contributed by atoms with Crippen LogP contribution in [0.4, 0.5) is 17.5 Å². The molecule has 168 valence electrons. The van der Waals surface area contributed by atoms with Crippen molar-refractivity contribution < 1.29 is 0 Å². The number of halogens is 1. The van der Waals surface area contributed by atoms with Gasteiger partial charge in [0.05, 0.1) is 17.4 Å². The Balaban J connectivity index is 1.40. The number of benzene rings is 1. The quantitative estimate of drug-likeness (QED) is 0.477. The maximum atomic E-state index is 12.9. The lowest BCUT2D eigenvalue weighted by atomic mass is 10.0. The van der Waals surface area contributed by atoms with Gasteiger partial charge in [-0.1, -0.05) is 29.8 Å². The number of anilines is 3. The van der Waals surface area contributed by atoms with Gasteiger partial charge in [-0.2, -0.15) is 4.98 Å². The first-order valence-electron chi connectivity index (χ1n) is 10.8. The van der Waals surface area contributed by atoms with Crippen molar-refractivity contribution >= 4 is 40.1 Å². The summed E-state index contributed by atoms with van der Waals surface area (Å²) in [6.45, 7) is 5.94. The second-order valence-electron chi connectivity index (χ2n) is 8.21. The molecule has 8 nitrogen and oxygen atoms in total. The van der Waals surface area contributed by atoms with Gasteiger partial charge in [-0.3, -0.25) is 4.79 Å². The highest BCUT2D eigenvalue weighted by Crippen LogP contribution is 2.30. The van der Waals surface area contributed by atoms with Gasteiger partial charge in [-0.05, 0) is 37.7 Å². The summed E-state index contributed by atoms with van der Waals surface area (Å²) in [6, 6.07) is 11.3. The minimum absolute atomic E-state index is 0.243. The molecule has 1 saturated heterocycles. The molecule has 0 radical (unpaired) electrons. The second kappa shape index (κ2) is 8.80. The van der Waals surface area contributed by atoms with Crippen molar-refractivity contribution in [3.8, 4) is 11.1 Å². The smallest absolute Gasteiger partial charge is 0.257 e. The predicted octanol–water partition coefficient (Wildman–Crippen LogP) is 3.84. The molecule has 0 bridgehead atoms. The van der Waals surface area contributed by atoms with Crippen LogP contribution in [0.25, 0.3) is 22.2 Å². The van der Waals surface area contributed by atoms with Gasteiger partial charge in [-0.25, -0.2) is 9.97 Å². The molecule has 0 atom stereocenters. The summed E-state index contributed by atoms with van der Waals surface area (Å²) in [7, 11) is 2.14. The summed E-state index contributed by atoms with van der Waals surface area (Å²) in [4.78, 5) is 33.8. The molecule has 1 aromatic carbocycles. The number of likely N-dealkylation sites (N-methyl/N-ethyl adjacent to an activating group) is 1. The fraction of sp³-hybridized carbons (Fsp3) is 0.250. The Labute approximate surface area is 196 Å². The molecule has 1 aliphatic rings. The number of nitrogens with zero attached hydrogens (tertiary/aromatic N) is 5. The van der Waals surface area contributed by atoms with Crippen LogP contribution in [0, 0.1) is 6.92 Å². The molecule has 0 amide bonds. The Kier molecular flexibility index (Phi) is 5.70. The van der Waals surface area contributed by atoms with E-state index < -0.39 is 0 Å². The fourth-order valence-electron chi connectivity index (χ4n) is 4.10. The molecule has 0 saturated carbocycles. The third kappa shape index (κ3) is 4.27. The maximum Gasteiger partial charge on any atom is 0.257 e. The maximum absolute atomic E-state index is 12.9. The molecule has 0 unspecified atom stereocenters. The summed E-state index contributed by atoms with van der Waals surface area (Å²) in [6.07, 6.45) is 3.56. The lowest BCUT2D eigenvalue weighted by Crippen LogP contribution is -2.44. The minimum atomic E-state index is -0.243. The van der Waals surface area contributed by atoms with Crippen LogP contribution < -0.4 is 15.8 Å². The van der Waals surface area contributed by atoms with Gasteiger partial charge < -0.3 is 20.1 Å². The van der Waals surface area contributed by atoms with Gasteiger partial charge in [0.25, 0.3) is 5.56 Å². The van der Waals surface area contributed by atoms with Crippen LogP contribution in [0.3, 0.4) is 0 Å². The summed E-state index contributed by atoms with van der Waals surface area (Å²) in [5, 5.41) is 4.41. The summed E-state index contributed by atoms with van der Waals surface area (Å²) in [5.41, 5.74) is 3.31. The van der Waals surface area contributed by atoms with Crippen molar-refractivity contribution in [1.29, 1.82) is 0 Å². The molecule has 1 aliphatic heterocycles. The van der Waals surface area contributed by atoms with Crippen LogP contribution in [0.15, 0.2) is 53.6 Å². The molecular formula is C24H24ClN7O. The summed E-state index contributed by atoms with van der Waals surface area (Å²) in [5.74, 6) is 1.00. The van der Waals surface area contributed by atoms with Crippen LogP contribution in [0.2, 0.25) is 5.02 Å². The first-order valence-corrected chi connectivity index (χ1v) is 11.2. The van der Waals surface area contributed by atoms with Crippen molar-refractivity contribution in [2.75, 3.05) is 43.4 Å². The van der Waals surface area contributed by atoms with E-state index in [9.17, 15) is 4.79 Å². The van der Waals surface area contributed by atoms with Crippen LogP contribution >= 0.6 is 11.6 Å². The molecule has 4 heterocycles. The SMILES string of the molecule is Cc1c(-c2ccccc2Cl)c(=O)[nH]c2nc(Nc3ccc(N4CCN(C)CC4)cn3)ncc12. The number of rotatable bonds is 4. The van der Waals surface area contributed by atoms with Crippen molar-refractivity contribution in [3.05, 3.63) is 69.7 Å². The van der Waals surface area contributed by atoms with Crippen molar-refractivity contribution in [1.82, 2.24) is 24.8 Å². The van der Waals surface area contributed by atoms with Crippen LogP contribution in [0.5, 0.6) is 0 Å². The van der Waals surface area contributed by atoms with Crippen LogP contribution in [-0.2, 0) is 0 Å². The zero-order valence-corrected chi connectivity index (χ0v) is 19.2. The Bertz CT molecular complexity index is 1360. The van der Waals surface area contributed by atoms with E-state index in [0.717, 1.165) is 42.8 Å². The Hall–Kier alpha value is -3.49. The third-order valence-electron chi connectivity index (χ3n) is 6.03. The van der Waals surface area contributed by atoms with E-state index in [2.05, 4.69) is 42.1 Å².